The van der Waals surface area contributed by atoms with Gasteiger partial charge in [-0.3, -0.25) is 4.79 Å². The van der Waals surface area contributed by atoms with E-state index in [1.807, 2.05) is 0 Å². The molecule has 5 nitrogen and oxygen atoms in total. The predicted octanol–water partition coefficient (Wildman–Crippen LogP) is 2.81. The van der Waals surface area contributed by atoms with Gasteiger partial charge in [-0.15, -0.1) is 0 Å². The predicted molar refractivity (Wildman–Crippen MR) is 68.6 cm³/mol. The van der Waals surface area contributed by atoms with Crippen molar-refractivity contribution in [1.82, 2.24) is 9.78 Å². The Balaban J connectivity index is 1.89. The van der Waals surface area contributed by atoms with Crippen molar-refractivity contribution in [3.63, 3.8) is 0 Å². The fraction of sp³-hybridized carbons (Fsp3) is 0.231. The molecule has 0 aliphatic heterocycles. The van der Waals surface area contributed by atoms with E-state index in [1.54, 1.807) is 0 Å². The van der Waals surface area contributed by atoms with Crippen molar-refractivity contribution in [2.24, 2.45) is 0 Å². The van der Waals surface area contributed by atoms with Crippen LogP contribution in [0.25, 0.3) is 0 Å². The van der Waals surface area contributed by atoms with Gasteiger partial charge in [-0.1, -0.05) is 0 Å². The van der Waals surface area contributed by atoms with Gasteiger partial charge in [-0.05, 0) is 24.3 Å². The van der Waals surface area contributed by atoms with E-state index in [1.165, 1.54) is 24.5 Å². The lowest BCUT2D eigenvalue weighted by molar-refractivity contribution is -0.182. The summed E-state index contributed by atoms with van der Waals surface area (Å²) in [4.78, 5) is 11.8. The van der Waals surface area contributed by atoms with Crippen molar-refractivity contribution in [2.45, 2.75) is 12.9 Å². The first-order chi connectivity index (χ1) is 10.3. The molecular weight excluding hydrogens is 306 g/mol. The van der Waals surface area contributed by atoms with Crippen LogP contribution < -0.4 is 5.32 Å². The van der Waals surface area contributed by atoms with Gasteiger partial charge < -0.3 is 10.1 Å². The zero-order chi connectivity index (χ0) is 16.2. The number of anilines is 1. The van der Waals surface area contributed by atoms with Crippen molar-refractivity contribution in [2.75, 3.05) is 11.9 Å². The van der Waals surface area contributed by atoms with Crippen molar-refractivity contribution >= 4 is 11.6 Å². The zero-order valence-corrected chi connectivity index (χ0v) is 11.1. The number of hydrogen-bond acceptors (Lipinski definition) is 3. The summed E-state index contributed by atoms with van der Waals surface area (Å²) >= 11 is 0. The Morgan fingerprint density at radius 3 is 2.59 bits per heavy atom. The summed E-state index contributed by atoms with van der Waals surface area (Å²) in [5.74, 6) is -0.957. The van der Waals surface area contributed by atoms with Crippen LogP contribution in [-0.2, 0) is 11.5 Å². The van der Waals surface area contributed by atoms with Crippen LogP contribution in [0.3, 0.4) is 0 Å². The Bertz CT molecular complexity index is 637. The second-order valence-corrected chi connectivity index (χ2v) is 4.32. The molecule has 0 atom stereocenters. The molecule has 0 saturated heterocycles. The van der Waals surface area contributed by atoms with E-state index in [0.29, 0.717) is 0 Å². The van der Waals surface area contributed by atoms with Gasteiger partial charge in [0, 0.05) is 5.56 Å². The van der Waals surface area contributed by atoms with Crippen LogP contribution in [0.15, 0.2) is 36.7 Å². The van der Waals surface area contributed by atoms with Gasteiger partial charge in [0.25, 0.3) is 5.91 Å². The standard InChI is InChI=1S/C13H11F4N3O2/c14-10-3-1-9(2-4-10)12(21)19-11-5-18-20(6-11)8-22-7-13(15,16)17/h1-6H,7-8H2,(H,19,21). The molecule has 1 amide bonds. The fourth-order valence-corrected chi connectivity index (χ4v) is 1.56. The highest BCUT2D eigenvalue weighted by molar-refractivity contribution is 6.04. The third kappa shape index (κ3) is 4.85. The number of nitrogens with zero attached hydrogens (tertiary/aromatic N) is 2. The smallest absolute Gasteiger partial charge is 0.350 e. The van der Waals surface area contributed by atoms with Crippen LogP contribution >= 0.6 is 0 Å². The van der Waals surface area contributed by atoms with Crippen molar-refractivity contribution in [3.8, 4) is 0 Å². The summed E-state index contributed by atoms with van der Waals surface area (Å²) < 4.78 is 54.0. The van der Waals surface area contributed by atoms with Gasteiger partial charge >= 0.3 is 6.18 Å². The Morgan fingerprint density at radius 1 is 1.27 bits per heavy atom. The molecule has 1 heterocycles. The minimum Gasteiger partial charge on any atom is -0.350 e. The van der Waals surface area contributed by atoms with Crippen molar-refractivity contribution in [1.29, 1.82) is 0 Å². The lowest BCUT2D eigenvalue weighted by Crippen LogP contribution is -2.18. The molecule has 118 valence electrons. The molecule has 9 heteroatoms. The number of aromatic nitrogens is 2. The third-order valence-electron chi connectivity index (χ3n) is 2.49. The summed E-state index contributed by atoms with van der Waals surface area (Å²) in [6.07, 6.45) is -1.83. The highest BCUT2D eigenvalue weighted by Gasteiger charge is 2.27. The van der Waals surface area contributed by atoms with Gasteiger partial charge in [0.15, 0.2) is 0 Å². The Labute approximate surface area is 122 Å². The van der Waals surface area contributed by atoms with Gasteiger partial charge in [0.05, 0.1) is 18.1 Å². The van der Waals surface area contributed by atoms with Crippen LogP contribution in [0.2, 0.25) is 0 Å². The molecule has 0 aliphatic rings. The number of carbonyl (C=O) groups is 1. The molecule has 0 unspecified atom stereocenters. The SMILES string of the molecule is O=C(Nc1cnn(COCC(F)(F)F)c1)c1ccc(F)cc1. The molecule has 0 spiro atoms. The van der Waals surface area contributed by atoms with Gasteiger partial charge in [-0.25, -0.2) is 9.07 Å². The number of carbonyl (C=O) groups excluding carboxylic acids is 1. The number of benzene rings is 1. The molecule has 0 bridgehead atoms. The molecular formula is C13H11F4N3O2. The van der Waals surface area contributed by atoms with E-state index in [0.717, 1.165) is 16.8 Å². The molecule has 2 aromatic rings. The van der Waals surface area contributed by atoms with Gasteiger partial charge in [0.1, 0.15) is 19.2 Å². The fourth-order valence-electron chi connectivity index (χ4n) is 1.56. The van der Waals surface area contributed by atoms with Crippen LogP contribution in [-0.4, -0.2) is 28.5 Å². The minimum atomic E-state index is -4.41. The van der Waals surface area contributed by atoms with Gasteiger partial charge in [-0.2, -0.15) is 18.3 Å². The van der Waals surface area contributed by atoms with Crippen molar-refractivity contribution < 1.29 is 27.1 Å². The maximum Gasteiger partial charge on any atom is 0.411 e. The Morgan fingerprint density at radius 2 is 1.95 bits per heavy atom. The maximum atomic E-state index is 12.7. The molecule has 22 heavy (non-hydrogen) atoms. The number of ether oxygens (including phenoxy) is 1. The molecule has 1 aromatic heterocycles. The first-order valence-electron chi connectivity index (χ1n) is 6.07. The summed E-state index contributed by atoms with van der Waals surface area (Å²) in [5, 5.41) is 6.23. The third-order valence-corrected chi connectivity index (χ3v) is 2.49. The van der Waals surface area contributed by atoms with Crippen LogP contribution in [0.4, 0.5) is 23.2 Å². The lowest BCUT2D eigenvalue weighted by Gasteiger charge is -2.07. The maximum absolute atomic E-state index is 12.7. The first kappa shape index (κ1) is 16.0. The summed E-state index contributed by atoms with van der Waals surface area (Å²) in [6.45, 7) is -1.78. The molecule has 0 aliphatic carbocycles. The number of hydrogen-bond donors (Lipinski definition) is 1. The average Bonchev–Trinajstić information content (AvgIpc) is 2.85. The van der Waals surface area contributed by atoms with E-state index in [4.69, 9.17) is 0 Å². The number of nitrogens with one attached hydrogen (secondary N) is 1. The van der Waals surface area contributed by atoms with Crippen LogP contribution in [0.1, 0.15) is 10.4 Å². The Hall–Kier alpha value is -2.42. The van der Waals surface area contributed by atoms with E-state index >= 15 is 0 Å². The number of halogens is 4. The topological polar surface area (TPSA) is 56.2 Å². The zero-order valence-electron chi connectivity index (χ0n) is 11.1. The van der Waals surface area contributed by atoms with E-state index in [2.05, 4.69) is 15.2 Å². The highest BCUT2D eigenvalue weighted by atomic mass is 19.4. The van der Waals surface area contributed by atoms with E-state index in [-0.39, 0.29) is 11.3 Å². The monoisotopic (exact) mass is 317 g/mol. The van der Waals surface area contributed by atoms with Gasteiger partial charge in [0.2, 0.25) is 0 Å². The normalized spacial score (nSPS) is 11.5. The quantitative estimate of drug-likeness (QED) is 0.863. The first-order valence-corrected chi connectivity index (χ1v) is 6.07. The summed E-state index contributed by atoms with van der Waals surface area (Å²) in [6, 6.07) is 4.90. The minimum absolute atomic E-state index is 0.238. The van der Waals surface area contributed by atoms with Crippen LogP contribution in [0, 0.1) is 5.82 Å². The lowest BCUT2D eigenvalue weighted by atomic mass is 10.2. The molecule has 2 rings (SSSR count). The number of rotatable bonds is 5. The summed E-state index contributed by atoms with van der Waals surface area (Å²) in [5.41, 5.74) is 0.521. The second-order valence-electron chi connectivity index (χ2n) is 4.32. The molecule has 0 saturated carbocycles. The molecule has 1 N–H and O–H groups in total. The van der Waals surface area contributed by atoms with Crippen LogP contribution in [0.5, 0.6) is 0 Å². The van der Waals surface area contributed by atoms with Crippen molar-refractivity contribution in [3.05, 3.63) is 48.0 Å². The molecule has 1 aromatic carbocycles. The Kier molecular flexibility index (Phi) is 4.76. The van der Waals surface area contributed by atoms with E-state index < -0.39 is 31.2 Å². The largest absolute Gasteiger partial charge is 0.411 e. The number of amides is 1. The second kappa shape index (κ2) is 6.56. The molecule has 0 fully saturated rings. The summed E-state index contributed by atoms with van der Waals surface area (Å²) in [7, 11) is 0. The highest BCUT2D eigenvalue weighted by Crippen LogP contribution is 2.15. The van der Waals surface area contributed by atoms with E-state index in [9.17, 15) is 22.4 Å². The molecule has 0 radical (unpaired) electrons. The number of alkyl halides is 3. The average molecular weight is 317 g/mol.